The van der Waals surface area contributed by atoms with Gasteiger partial charge < -0.3 is 10.3 Å². The van der Waals surface area contributed by atoms with Gasteiger partial charge in [0, 0.05) is 31.1 Å². The van der Waals surface area contributed by atoms with Gasteiger partial charge in [0.2, 0.25) is 5.91 Å². The summed E-state index contributed by atoms with van der Waals surface area (Å²) in [6.45, 7) is 2.25. The van der Waals surface area contributed by atoms with Crippen molar-refractivity contribution < 1.29 is 4.79 Å². The zero-order valence-electron chi connectivity index (χ0n) is 13.3. The van der Waals surface area contributed by atoms with Crippen molar-refractivity contribution in [3.05, 3.63) is 63.3 Å². The minimum Gasteiger partial charge on any atom is -0.356 e. The maximum Gasteiger partial charge on any atom is 0.251 e. The maximum absolute atomic E-state index is 12.1. The molecule has 0 fully saturated rings. The van der Waals surface area contributed by atoms with Crippen molar-refractivity contribution in [2.75, 3.05) is 6.54 Å². The van der Waals surface area contributed by atoms with Crippen LogP contribution < -0.4 is 10.9 Å². The maximum atomic E-state index is 12.1. The first-order valence-corrected chi connectivity index (χ1v) is 8.03. The average Bonchev–Trinajstić information content (AvgIpc) is 2.90. The molecule has 1 aromatic carbocycles. The second kappa shape index (κ2) is 6.77. The minimum absolute atomic E-state index is 0.0632. The molecule has 0 bridgehead atoms. The molecule has 0 spiro atoms. The van der Waals surface area contributed by atoms with Gasteiger partial charge in [0.1, 0.15) is 5.82 Å². The SMILES string of the molecule is Cc1nc(CCNC(=O)C[C@@H]2CCc3ccccc32)cc(=O)[nH]1. The molecule has 1 atom stereocenters. The van der Waals surface area contributed by atoms with Crippen molar-refractivity contribution in [3.63, 3.8) is 0 Å². The highest BCUT2D eigenvalue weighted by molar-refractivity contribution is 5.77. The van der Waals surface area contributed by atoms with Crippen LogP contribution in [0.3, 0.4) is 0 Å². The summed E-state index contributed by atoms with van der Waals surface area (Å²) in [7, 11) is 0. The van der Waals surface area contributed by atoms with Crippen LogP contribution in [-0.2, 0) is 17.6 Å². The summed E-state index contributed by atoms with van der Waals surface area (Å²) in [5.74, 6) is 0.987. The number of carbonyl (C=O) groups is 1. The van der Waals surface area contributed by atoms with Crippen molar-refractivity contribution in [3.8, 4) is 0 Å². The Kier molecular flexibility index (Phi) is 4.55. The van der Waals surface area contributed by atoms with E-state index in [1.54, 1.807) is 6.92 Å². The summed E-state index contributed by atoms with van der Waals surface area (Å²) in [6, 6.07) is 9.84. The average molecular weight is 311 g/mol. The Hall–Kier alpha value is -2.43. The Morgan fingerprint density at radius 2 is 2.22 bits per heavy atom. The molecule has 0 saturated heterocycles. The predicted molar refractivity (Wildman–Crippen MR) is 88.4 cm³/mol. The third kappa shape index (κ3) is 3.86. The van der Waals surface area contributed by atoms with Crippen LogP contribution >= 0.6 is 0 Å². The van der Waals surface area contributed by atoms with Crippen molar-refractivity contribution in [2.45, 2.75) is 38.5 Å². The summed E-state index contributed by atoms with van der Waals surface area (Å²) < 4.78 is 0. The van der Waals surface area contributed by atoms with Gasteiger partial charge in [0.15, 0.2) is 0 Å². The van der Waals surface area contributed by atoms with Crippen molar-refractivity contribution in [1.29, 1.82) is 0 Å². The van der Waals surface area contributed by atoms with Crippen LogP contribution in [0.1, 0.15) is 41.4 Å². The molecule has 1 aliphatic rings. The minimum atomic E-state index is -0.151. The number of aromatic amines is 1. The van der Waals surface area contributed by atoms with E-state index in [1.165, 1.54) is 17.2 Å². The fraction of sp³-hybridized carbons (Fsp3) is 0.389. The van der Waals surface area contributed by atoms with Gasteiger partial charge in [-0.05, 0) is 36.8 Å². The second-order valence-corrected chi connectivity index (χ2v) is 6.06. The van der Waals surface area contributed by atoms with Gasteiger partial charge in [-0.2, -0.15) is 0 Å². The molecule has 2 aromatic rings. The van der Waals surface area contributed by atoms with E-state index >= 15 is 0 Å². The van der Waals surface area contributed by atoms with Crippen LogP contribution in [0.4, 0.5) is 0 Å². The number of hydrogen-bond donors (Lipinski definition) is 2. The topological polar surface area (TPSA) is 74.8 Å². The highest BCUT2D eigenvalue weighted by Gasteiger charge is 2.23. The number of carbonyl (C=O) groups excluding carboxylic acids is 1. The smallest absolute Gasteiger partial charge is 0.251 e. The number of rotatable bonds is 5. The van der Waals surface area contributed by atoms with E-state index in [4.69, 9.17) is 0 Å². The number of nitrogens with zero attached hydrogens (tertiary/aromatic N) is 1. The van der Waals surface area contributed by atoms with E-state index in [0.717, 1.165) is 12.8 Å². The third-order valence-electron chi connectivity index (χ3n) is 4.31. The molecule has 0 saturated carbocycles. The molecule has 2 N–H and O–H groups in total. The van der Waals surface area contributed by atoms with Crippen LogP contribution in [0.25, 0.3) is 0 Å². The van der Waals surface area contributed by atoms with Gasteiger partial charge in [-0.25, -0.2) is 4.98 Å². The van der Waals surface area contributed by atoms with E-state index in [2.05, 4.69) is 33.5 Å². The third-order valence-corrected chi connectivity index (χ3v) is 4.31. The Morgan fingerprint density at radius 1 is 1.39 bits per heavy atom. The number of fused-ring (bicyclic) bond motifs is 1. The van der Waals surface area contributed by atoms with Crippen molar-refractivity contribution >= 4 is 5.91 Å². The van der Waals surface area contributed by atoms with E-state index in [-0.39, 0.29) is 11.5 Å². The Bertz CT molecular complexity index is 767. The van der Waals surface area contributed by atoms with Gasteiger partial charge >= 0.3 is 0 Å². The summed E-state index contributed by atoms with van der Waals surface area (Å²) in [5.41, 5.74) is 3.24. The van der Waals surface area contributed by atoms with Crippen LogP contribution in [0.5, 0.6) is 0 Å². The van der Waals surface area contributed by atoms with E-state index in [0.29, 0.717) is 36.8 Å². The van der Waals surface area contributed by atoms with Crippen LogP contribution in [0.2, 0.25) is 0 Å². The van der Waals surface area contributed by atoms with Gasteiger partial charge in [-0.3, -0.25) is 9.59 Å². The predicted octanol–water partition coefficient (Wildman–Crippen LogP) is 1.86. The lowest BCUT2D eigenvalue weighted by Crippen LogP contribution is -2.27. The lowest BCUT2D eigenvalue weighted by molar-refractivity contribution is -0.121. The molecule has 1 aliphatic carbocycles. The molecule has 0 unspecified atom stereocenters. The normalized spacial score (nSPS) is 16.1. The van der Waals surface area contributed by atoms with E-state index in [9.17, 15) is 9.59 Å². The molecule has 5 nitrogen and oxygen atoms in total. The summed E-state index contributed by atoms with van der Waals surface area (Å²) in [5, 5.41) is 2.94. The molecule has 1 aromatic heterocycles. The Morgan fingerprint density at radius 3 is 3.04 bits per heavy atom. The quantitative estimate of drug-likeness (QED) is 0.885. The van der Waals surface area contributed by atoms with Crippen LogP contribution in [0.15, 0.2) is 35.1 Å². The van der Waals surface area contributed by atoms with E-state index in [1.807, 2.05) is 6.07 Å². The van der Waals surface area contributed by atoms with Gasteiger partial charge in [0.25, 0.3) is 5.56 Å². The first-order valence-electron chi connectivity index (χ1n) is 8.03. The molecular formula is C18H21N3O2. The van der Waals surface area contributed by atoms with Gasteiger partial charge in [0.05, 0.1) is 0 Å². The zero-order chi connectivity index (χ0) is 16.2. The fourth-order valence-electron chi connectivity index (χ4n) is 3.25. The Balaban J connectivity index is 1.50. The number of aromatic nitrogens is 2. The van der Waals surface area contributed by atoms with E-state index < -0.39 is 0 Å². The lowest BCUT2D eigenvalue weighted by Gasteiger charge is -2.11. The monoisotopic (exact) mass is 311 g/mol. The fourth-order valence-corrected chi connectivity index (χ4v) is 3.25. The van der Waals surface area contributed by atoms with Crippen molar-refractivity contribution in [1.82, 2.24) is 15.3 Å². The Labute approximate surface area is 135 Å². The molecule has 0 aliphatic heterocycles. The number of H-pyrrole nitrogens is 1. The molecule has 3 rings (SSSR count). The largest absolute Gasteiger partial charge is 0.356 e. The molecule has 1 heterocycles. The molecule has 120 valence electrons. The lowest BCUT2D eigenvalue weighted by atomic mass is 9.97. The highest BCUT2D eigenvalue weighted by atomic mass is 16.1. The highest BCUT2D eigenvalue weighted by Crippen LogP contribution is 2.34. The summed E-state index contributed by atoms with van der Waals surface area (Å²) in [6.07, 6.45) is 3.20. The van der Waals surface area contributed by atoms with Crippen LogP contribution in [0, 0.1) is 6.92 Å². The molecule has 0 radical (unpaired) electrons. The van der Waals surface area contributed by atoms with Crippen molar-refractivity contribution in [2.24, 2.45) is 0 Å². The summed E-state index contributed by atoms with van der Waals surface area (Å²) in [4.78, 5) is 30.4. The first-order chi connectivity index (χ1) is 11.1. The van der Waals surface area contributed by atoms with Crippen LogP contribution in [-0.4, -0.2) is 22.4 Å². The number of hydrogen-bond acceptors (Lipinski definition) is 3. The molecule has 5 heteroatoms. The van der Waals surface area contributed by atoms with Gasteiger partial charge in [-0.1, -0.05) is 24.3 Å². The number of aryl methyl sites for hydroxylation is 2. The molecular weight excluding hydrogens is 290 g/mol. The second-order valence-electron chi connectivity index (χ2n) is 6.06. The summed E-state index contributed by atoms with van der Waals surface area (Å²) >= 11 is 0. The molecule has 1 amide bonds. The number of benzene rings is 1. The number of amides is 1. The first kappa shape index (κ1) is 15.5. The standard InChI is InChI=1S/C18H21N3O2/c1-12-20-15(11-18(23)21-12)8-9-19-17(22)10-14-7-6-13-4-2-3-5-16(13)14/h2-5,11,14H,6-10H2,1H3,(H,19,22)(H,20,21,23)/t14-/m0/s1. The molecule has 23 heavy (non-hydrogen) atoms. The van der Waals surface area contributed by atoms with Gasteiger partial charge in [-0.15, -0.1) is 0 Å². The zero-order valence-corrected chi connectivity index (χ0v) is 13.3. The number of nitrogens with one attached hydrogen (secondary N) is 2.